The number of fused-ring (bicyclic) bond motifs is 1. The van der Waals surface area contributed by atoms with E-state index in [-0.39, 0.29) is 30.1 Å². The van der Waals surface area contributed by atoms with E-state index >= 15 is 0 Å². The van der Waals surface area contributed by atoms with E-state index in [0.29, 0.717) is 26.1 Å². The van der Waals surface area contributed by atoms with Gasteiger partial charge >= 0.3 is 0 Å². The first-order chi connectivity index (χ1) is 14.1. The van der Waals surface area contributed by atoms with Crippen LogP contribution in [0, 0.1) is 5.92 Å². The molecule has 0 bridgehead atoms. The highest BCUT2D eigenvalue weighted by Gasteiger charge is 2.35. The second-order valence-corrected chi connectivity index (χ2v) is 7.44. The van der Waals surface area contributed by atoms with Crippen LogP contribution < -0.4 is 15.1 Å². The lowest BCUT2D eigenvalue weighted by Gasteiger charge is -2.20. The number of carbonyl (C=O) groups is 3. The van der Waals surface area contributed by atoms with Crippen LogP contribution in [0.1, 0.15) is 30.9 Å². The summed E-state index contributed by atoms with van der Waals surface area (Å²) in [4.78, 5) is 44.6. The largest absolute Gasteiger partial charge is 0.352 e. The summed E-state index contributed by atoms with van der Waals surface area (Å²) >= 11 is 0. The number of aromatic nitrogens is 1. The molecule has 1 atom stereocenters. The number of carbonyl (C=O) groups excluding carboxylic acids is 3. The van der Waals surface area contributed by atoms with Crippen LogP contribution >= 0.6 is 0 Å². The van der Waals surface area contributed by atoms with Crippen molar-refractivity contribution in [2.24, 2.45) is 5.92 Å². The Morgan fingerprint density at radius 1 is 1.21 bits per heavy atom. The maximum atomic E-state index is 12.6. The average molecular weight is 392 g/mol. The van der Waals surface area contributed by atoms with Gasteiger partial charge in [0.1, 0.15) is 0 Å². The molecule has 2 aliphatic heterocycles. The van der Waals surface area contributed by atoms with Crippen molar-refractivity contribution in [3.8, 4) is 0 Å². The van der Waals surface area contributed by atoms with Gasteiger partial charge in [-0.3, -0.25) is 19.4 Å². The van der Waals surface area contributed by atoms with Gasteiger partial charge in [0, 0.05) is 56.2 Å². The average Bonchev–Trinajstić information content (AvgIpc) is 3.35. The van der Waals surface area contributed by atoms with Crippen LogP contribution in [-0.4, -0.2) is 35.8 Å². The van der Waals surface area contributed by atoms with Gasteiger partial charge < -0.3 is 15.1 Å². The van der Waals surface area contributed by atoms with Gasteiger partial charge in [-0.05, 0) is 47.9 Å². The Hall–Kier alpha value is -3.22. The van der Waals surface area contributed by atoms with Crippen LogP contribution in [0.2, 0.25) is 0 Å². The van der Waals surface area contributed by atoms with E-state index in [4.69, 9.17) is 0 Å². The van der Waals surface area contributed by atoms with Crippen LogP contribution in [0.3, 0.4) is 0 Å². The van der Waals surface area contributed by atoms with Crippen molar-refractivity contribution in [3.05, 3.63) is 53.9 Å². The van der Waals surface area contributed by atoms with Crippen LogP contribution in [0.25, 0.3) is 0 Å². The van der Waals surface area contributed by atoms with Gasteiger partial charge in [-0.1, -0.05) is 6.92 Å². The Bertz CT molecular complexity index is 944. The summed E-state index contributed by atoms with van der Waals surface area (Å²) in [7, 11) is 0. The number of anilines is 2. The molecule has 3 heterocycles. The number of nitrogens with one attached hydrogen (secondary N) is 1. The normalized spacial score (nSPS) is 18.1. The van der Waals surface area contributed by atoms with Gasteiger partial charge in [0.25, 0.3) is 0 Å². The second kappa shape index (κ2) is 8.03. The van der Waals surface area contributed by atoms with Gasteiger partial charge in [-0.15, -0.1) is 0 Å². The molecule has 1 aromatic carbocycles. The van der Waals surface area contributed by atoms with Gasteiger partial charge in [-0.25, -0.2) is 0 Å². The molecule has 2 aliphatic rings. The lowest BCUT2D eigenvalue weighted by molar-refractivity contribution is -0.126. The summed E-state index contributed by atoms with van der Waals surface area (Å²) < 4.78 is 0. The third kappa shape index (κ3) is 3.85. The maximum absolute atomic E-state index is 12.6. The zero-order chi connectivity index (χ0) is 20.4. The van der Waals surface area contributed by atoms with Crippen LogP contribution in [0.5, 0.6) is 0 Å². The molecule has 0 saturated carbocycles. The van der Waals surface area contributed by atoms with E-state index in [1.807, 2.05) is 37.3 Å². The van der Waals surface area contributed by atoms with Gasteiger partial charge in [-0.2, -0.15) is 0 Å². The Morgan fingerprint density at radius 3 is 2.76 bits per heavy atom. The lowest BCUT2D eigenvalue weighted by atomic mass is 10.1. The minimum Gasteiger partial charge on any atom is -0.352 e. The predicted octanol–water partition coefficient (Wildman–Crippen LogP) is 2.05. The zero-order valence-corrected chi connectivity index (χ0v) is 16.4. The molecule has 2 aromatic rings. The van der Waals surface area contributed by atoms with E-state index in [2.05, 4.69) is 10.3 Å². The monoisotopic (exact) mass is 392 g/mol. The first-order valence-corrected chi connectivity index (χ1v) is 9.97. The third-order valence-electron chi connectivity index (χ3n) is 5.59. The molecule has 1 N–H and O–H groups in total. The molecule has 150 valence electrons. The predicted molar refractivity (Wildman–Crippen MR) is 109 cm³/mol. The highest BCUT2D eigenvalue weighted by Crippen LogP contribution is 2.34. The molecule has 1 fully saturated rings. The molecule has 3 amide bonds. The van der Waals surface area contributed by atoms with Crippen LogP contribution in [0.4, 0.5) is 11.4 Å². The fraction of sp³-hybridized carbons (Fsp3) is 0.364. The molecular formula is C22H24N4O3. The fourth-order valence-electron chi connectivity index (χ4n) is 3.97. The number of hydrogen-bond donors (Lipinski definition) is 1. The molecule has 29 heavy (non-hydrogen) atoms. The number of amides is 3. The molecule has 1 aromatic heterocycles. The van der Waals surface area contributed by atoms with E-state index < -0.39 is 0 Å². The SMILES string of the molecule is CCC(=O)N1CCc2cc(N3C[C@H](C(=O)NCc4ccncc4)CC3=O)ccc21. The summed E-state index contributed by atoms with van der Waals surface area (Å²) in [5.41, 5.74) is 3.77. The molecule has 7 heteroatoms. The first kappa shape index (κ1) is 19.1. The first-order valence-electron chi connectivity index (χ1n) is 9.97. The van der Waals surface area contributed by atoms with Gasteiger partial charge in [0.2, 0.25) is 17.7 Å². The van der Waals surface area contributed by atoms with E-state index in [0.717, 1.165) is 28.9 Å². The summed E-state index contributed by atoms with van der Waals surface area (Å²) in [6.07, 6.45) is 4.84. The third-order valence-corrected chi connectivity index (χ3v) is 5.59. The van der Waals surface area contributed by atoms with Crippen LogP contribution in [0.15, 0.2) is 42.7 Å². The van der Waals surface area contributed by atoms with E-state index in [1.165, 1.54) is 0 Å². The standard InChI is InChI=1S/C22H24N4O3/c1-2-20(27)25-10-7-16-11-18(3-4-19(16)25)26-14-17(12-21(26)28)22(29)24-13-15-5-8-23-9-6-15/h3-6,8-9,11,17H,2,7,10,12-14H2,1H3,(H,24,29)/t17-/m1/s1. The lowest BCUT2D eigenvalue weighted by Crippen LogP contribution is -2.32. The number of nitrogens with zero attached hydrogens (tertiary/aromatic N) is 3. The Balaban J connectivity index is 1.42. The summed E-state index contributed by atoms with van der Waals surface area (Å²) in [6, 6.07) is 9.46. The van der Waals surface area contributed by atoms with Crippen LogP contribution in [-0.2, 0) is 27.3 Å². The summed E-state index contributed by atoms with van der Waals surface area (Å²) in [6.45, 7) is 3.33. The molecule has 0 aliphatic carbocycles. The highest BCUT2D eigenvalue weighted by molar-refractivity contribution is 6.01. The quantitative estimate of drug-likeness (QED) is 0.844. The number of benzene rings is 1. The van der Waals surface area contributed by atoms with Crippen molar-refractivity contribution in [2.75, 3.05) is 22.9 Å². The smallest absolute Gasteiger partial charge is 0.227 e. The summed E-state index contributed by atoms with van der Waals surface area (Å²) in [5, 5.41) is 2.91. The topological polar surface area (TPSA) is 82.6 Å². The number of pyridine rings is 1. The molecule has 4 rings (SSSR count). The molecule has 7 nitrogen and oxygen atoms in total. The Labute approximate surface area is 169 Å². The van der Waals surface area contributed by atoms with E-state index in [1.54, 1.807) is 22.2 Å². The molecule has 0 spiro atoms. The van der Waals surface area contributed by atoms with Crippen molar-refractivity contribution in [1.29, 1.82) is 0 Å². The Morgan fingerprint density at radius 2 is 2.00 bits per heavy atom. The maximum Gasteiger partial charge on any atom is 0.227 e. The van der Waals surface area contributed by atoms with Crippen molar-refractivity contribution in [1.82, 2.24) is 10.3 Å². The van der Waals surface area contributed by atoms with Gasteiger partial charge in [0.15, 0.2) is 0 Å². The molecule has 1 saturated heterocycles. The second-order valence-electron chi connectivity index (χ2n) is 7.44. The van der Waals surface area contributed by atoms with Crippen molar-refractivity contribution < 1.29 is 14.4 Å². The minimum absolute atomic E-state index is 0.0477. The van der Waals surface area contributed by atoms with Crippen molar-refractivity contribution in [3.63, 3.8) is 0 Å². The van der Waals surface area contributed by atoms with E-state index in [9.17, 15) is 14.4 Å². The fourth-order valence-corrected chi connectivity index (χ4v) is 3.97. The zero-order valence-electron chi connectivity index (χ0n) is 16.4. The minimum atomic E-state index is -0.365. The highest BCUT2D eigenvalue weighted by atomic mass is 16.2. The number of hydrogen-bond acceptors (Lipinski definition) is 4. The molecular weight excluding hydrogens is 368 g/mol. The number of rotatable bonds is 5. The van der Waals surface area contributed by atoms with Crippen molar-refractivity contribution in [2.45, 2.75) is 32.7 Å². The summed E-state index contributed by atoms with van der Waals surface area (Å²) in [5.74, 6) is -0.414. The Kier molecular flexibility index (Phi) is 5.29. The molecule has 0 radical (unpaired) electrons. The van der Waals surface area contributed by atoms with Gasteiger partial charge in [0.05, 0.1) is 5.92 Å². The van der Waals surface area contributed by atoms with Crippen molar-refractivity contribution >= 4 is 29.1 Å². The molecule has 0 unspecified atom stereocenters.